The van der Waals surface area contributed by atoms with Crippen molar-refractivity contribution in [1.29, 1.82) is 5.26 Å². The average molecular weight is 246 g/mol. The molecule has 1 saturated heterocycles. The van der Waals surface area contributed by atoms with Crippen LogP contribution in [0.25, 0.3) is 0 Å². The van der Waals surface area contributed by atoms with Gasteiger partial charge < -0.3 is 15.2 Å². The molecule has 1 aromatic rings. The van der Waals surface area contributed by atoms with Crippen LogP contribution in [-0.2, 0) is 4.74 Å². The maximum atomic E-state index is 10.4. The summed E-state index contributed by atoms with van der Waals surface area (Å²) in [6, 6.07) is 7.77. The highest BCUT2D eigenvalue weighted by Crippen LogP contribution is 2.24. The molecule has 18 heavy (non-hydrogen) atoms. The van der Waals surface area contributed by atoms with E-state index in [0.29, 0.717) is 38.2 Å². The number of nitrogens with one attached hydrogen (secondary N) is 1. The minimum absolute atomic E-state index is 0.454. The second-order valence-corrected chi connectivity index (χ2v) is 4.80. The fourth-order valence-electron chi connectivity index (χ4n) is 2.18. The SMILES string of the molecule is Cc1cccc(C#N)c1NCC1(O)CCOCC1. The van der Waals surface area contributed by atoms with Gasteiger partial charge in [0.05, 0.1) is 16.9 Å². The van der Waals surface area contributed by atoms with Gasteiger partial charge in [-0.05, 0) is 18.6 Å². The number of nitrogens with zero attached hydrogens (tertiary/aromatic N) is 1. The van der Waals surface area contributed by atoms with Crippen molar-refractivity contribution in [3.8, 4) is 6.07 Å². The molecular formula is C14H18N2O2. The van der Waals surface area contributed by atoms with E-state index in [4.69, 9.17) is 10.00 Å². The monoisotopic (exact) mass is 246 g/mol. The Kier molecular flexibility index (Phi) is 3.85. The summed E-state index contributed by atoms with van der Waals surface area (Å²) in [6.07, 6.45) is 1.27. The number of aryl methyl sites for hydroxylation is 1. The maximum Gasteiger partial charge on any atom is 0.101 e. The highest BCUT2D eigenvalue weighted by Gasteiger charge is 2.29. The molecule has 0 spiro atoms. The molecule has 96 valence electrons. The van der Waals surface area contributed by atoms with Gasteiger partial charge in [-0.25, -0.2) is 0 Å². The molecule has 4 nitrogen and oxygen atoms in total. The Balaban J connectivity index is 2.08. The first-order valence-corrected chi connectivity index (χ1v) is 6.18. The molecule has 0 amide bonds. The lowest BCUT2D eigenvalue weighted by atomic mass is 9.94. The summed E-state index contributed by atoms with van der Waals surface area (Å²) in [7, 11) is 0. The van der Waals surface area contributed by atoms with Crippen LogP contribution in [0.15, 0.2) is 18.2 Å². The Morgan fingerprint density at radius 3 is 2.83 bits per heavy atom. The molecule has 0 aliphatic carbocycles. The van der Waals surface area contributed by atoms with Gasteiger partial charge in [0.25, 0.3) is 0 Å². The van der Waals surface area contributed by atoms with E-state index in [1.165, 1.54) is 0 Å². The van der Waals surface area contributed by atoms with Crippen LogP contribution in [0.4, 0.5) is 5.69 Å². The van der Waals surface area contributed by atoms with Crippen molar-refractivity contribution in [1.82, 2.24) is 0 Å². The zero-order chi connectivity index (χ0) is 13.0. The van der Waals surface area contributed by atoms with Crippen molar-refractivity contribution in [2.75, 3.05) is 25.1 Å². The zero-order valence-corrected chi connectivity index (χ0v) is 10.6. The summed E-state index contributed by atoms with van der Waals surface area (Å²) in [4.78, 5) is 0. The quantitative estimate of drug-likeness (QED) is 0.853. The van der Waals surface area contributed by atoms with E-state index in [1.54, 1.807) is 6.07 Å². The van der Waals surface area contributed by atoms with E-state index in [9.17, 15) is 5.11 Å². The number of aliphatic hydroxyl groups is 1. The summed E-state index contributed by atoms with van der Waals surface area (Å²) in [5.41, 5.74) is 1.73. The van der Waals surface area contributed by atoms with Gasteiger partial charge in [-0.1, -0.05) is 12.1 Å². The number of rotatable bonds is 3. The van der Waals surface area contributed by atoms with E-state index in [-0.39, 0.29) is 0 Å². The molecule has 0 unspecified atom stereocenters. The van der Waals surface area contributed by atoms with Crippen molar-refractivity contribution in [2.45, 2.75) is 25.4 Å². The number of benzene rings is 1. The van der Waals surface area contributed by atoms with Gasteiger partial charge in [0.2, 0.25) is 0 Å². The van der Waals surface area contributed by atoms with Gasteiger partial charge in [-0.3, -0.25) is 0 Å². The Labute approximate surface area is 107 Å². The van der Waals surface area contributed by atoms with Gasteiger partial charge in [-0.15, -0.1) is 0 Å². The number of nitriles is 1. The molecular weight excluding hydrogens is 228 g/mol. The molecule has 4 heteroatoms. The highest BCUT2D eigenvalue weighted by atomic mass is 16.5. The van der Waals surface area contributed by atoms with Crippen LogP contribution in [0.1, 0.15) is 24.0 Å². The number of anilines is 1. The van der Waals surface area contributed by atoms with E-state index in [1.807, 2.05) is 19.1 Å². The summed E-state index contributed by atoms with van der Waals surface area (Å²) in [5.74, 6) is 0. The molecule has 1 fully saturated rings. The van der Waals surface area contributed by atoms with E-state index < -0.39 is 5.60 Å². The van der Waals surface area contributed by atoms with Crippen LogP contribution in [0.3, 0.4) is 0 Å². The predicted molar refractivity (Wildman–Crippen MR) is 69.4 cm³/mol. The third kappa shape index (κ3) is 2.81. The van der Waals surface area contributed by atoms with Crippen molar-refractivity contribution in [3.63, 3.8) is 0 Å². The summed E-state index contributed by atoms with van der Waals surface area (Å²) in [5, 5.41) is 22.6. The topological polar surface area (TPSA) is 65.3 Å². The standard InChI is InChI=1S/C14H18N2O2/c1-11-3-2-4-12(9-15)13(11)16-10-14(17)5-7-18-8-6-14/h2-4,16-17H,5-8,10H2,1H3. The first kappa shape index (κ1) is 12.9. The second kappa shape index (κ2) is 5.38. The van der Waals surface area contributed by atoms with Crippen molar-refractivity contribution in [2.24, 2.45) is 0 Å². The van der Waals surface area contributed by atoms with Crippen LogP contribution in [-0.4, -0.2) is 30.5 Å². The van der Waals surface area contributed by atoms with Gasteiger partial charge >= 0.3 is 0 Å². The molecule has 0 atom stereocenters. The van der Waals surface area contributed by atoms with Crippen LogP contribution >= 0.6 is 0 Å². The summed E-state index contributed by atoms with van der Waals surface area (Å²) < 4.78 is 5.25. The van der Waals surface area contributed by atoms with Gasteiger partial charge in [0.1, 0.15) is 6.07 Å². The Morgan fingerprint density at radius 2 is 2.17 bits per heavy atom. The molecule has 0 radical (unpaired) electrons. The summed E-state index contributed by atoms with van der Waals surface area (Å²) >= 11 is 0. The van der Waals surface area contributed by atoms with Crippen molar-refractivity contribution < 1.29 is 9.84 Å². The number of hydrogen-bond acceptors (Lipinski definition) is 4. The zero-order valence-electron chi connectivity index (χ0n) is 10.6. The third-order valence-corrected chi connectivity index (χ3v) is 3.41. The maximum absolute atomic E-state index is 10.4. The predicted octanol–water partition coefficient (Wildman–Crippen LogP) is 1.82. The van der Waals surface area contributed by atoms with Gasteiger partial charge in [0, 0.05) is 32.6 Å². The molecule has 2 N–H and O–H groups in total. The average Bonchev–Trinajstić information content (AvgIpc) is 2.38. The number of ether oxygens (including phenoxy) is 1. The molecule has 1 heterocycles. The fourth-order valence-corrected chi connectivity index (χ4v) is 2.18. The van der Waals surface area contributed by atoms with Gasteiger partial charge in [-0.2, -0.15) is 5.26 Å². The van der Waals surface area contributed by atoms with Crippen LogP contribution in [0, 0.1) is 18.3 Å². The molecule has 0 bridgehead atoms. The minimum Gasteiger partial charge on any atom is -0.388 e. The van der Waals surface area contributed by atoms with Crippen LogP contribution < -0.4 is 5.32 Å². The number of hydrogen-bond donors (Lipinski definition) is 2. The molecule has 0 saturated carbocycles. The molecule has 1 aliphatic rings. The molecule has 1 aliphatic heterocycles. The van der Waals surface area contributed by atoms with E-state index in [2.05, 4.69) is 11.4 Å². The molecule has 1 aromatic carbocycles. The third-order valence-electron chi connectivity index (χ3n) is 3.41. The van der Waals surface area contributed by atoms with E-state index in [0.717, 1.165) is 11.3 Å². The fraction of sp³-hybridized carbons (Fsp3) is 0.500. The lowest BCUT2D eigenvalue weighted by Gasteiger charge is -2.32. The molecule has 2 rings (SSSR count). The van der Waals surface area contributed by atoms with Crippen molar-refractivity contribution in [3.05, 3.63) is 29.3 Å². The lowest BCUT2D eigenvalue weighted by Crippen LogP contribution is -2.42. The lowest BCUT2D eigenvalue weighted by molar-refractivity contribution is -0.0543. The first-order chi connectivity index (χ1) is 8.64. The Morgan fingerprint density at radius 1 is 1.44 bits per heavy atom. The van der Waals surface area contributed by atoms with Crippen molar-refractivity contribution >= 4 is 5.69 Å². The van der Waals surface area contributed by atoms with Gasteiger partial charge in [0.15, 0.2) is 0 Å². The normalized spacial score (nSPS) is 18.1. The Bertz CT molecular complexity index is 459. The summed E-state index contributed by atoms with van der Waals surface area (Å²) in [6.45, 7) is 3.60. The van der Waals surface area contributed by atoms with Crippen LogP contribution in [0.2, 0.25) is 0 Å². The number of para-hydroxylation sites is 1. The first-order valence-electron chi connectivity index (χ1n) is 6.18. The highest BCUT2D eigenvalue weighted by molar-refractivity contribution is 5.62. The largest absolute Gasteiger partial charge is 0.388 e. The Hall–Kier alpha value is -1.57. The van der Waals surface area contributed by atoms with E-state index >= 15 is 0 Å². The minimum atomic E-state index is -0.729. The second-order valence-electron chi connectivity index (χ2n) is 4.80. The smallest absolute Gasteiger partial charge is 0.101 e. The molecule has 0 aromatic heterocycles. The van der Waals surface area contributed by atoms with Crippen LogP contribution in [0.5, 0.6) is 0 Å².